The van der Waals surface area contributed by atoms with E-state index in [2.05, 4.69) is 48.7 Å². The molecule has 254 valence electrons. The van der Waals surface area contributed by atoms with Crippen molar-refractivity contribution in [3.63, 3.8) is 0 Å². The maximum Gasteiger partial charge on any atom is 0.220 e. The van der Waals surface area contributed by atoms with Gasteiger partial charge < -0.3 is 10.6 Å². The third kappa shape index (κ3) is 26.6. The average Bonchev–Trinajstić information content (AvgIpc) is 3.04. The topological polar surface area (TPSA) is 58.2 Å². The van der Waals surface area contributed by atoms with Gasteiger partial charge in [-0.3, -0.25) is 9.59 Å². The standard InChI is InChI=1S/C40H72N2O2/c1-3-5-7-9-11-13-15-17-19-21-23-25-27-29-39(43)41-35-37-31-33-38(34-32-37)36-42-40(44)30-28-26-24-22-20-18-16-14-12-10-8-6-4-2/h31-34H,3-30,35-36H2,1-2H3,(H,41,43)(H,42,44). The molecule has 0 saturated heterocycles. The summed E-state index contributed by atoms with van der Waals surface area (Å²) < 4.78 is 0. The Morgan fingerprint density at radius 3 is 0.864 bits per heavy atom. The number of rotatable bonds is 32. The summed E-state index contributed by atoms with van der Waals surface area (Å²) in [6, 6.07) is 8.22. The van der Waals surface area contributed by atoms with Crippen molar-refractivity contribution in [3.05, 3.63) is 35.4 Å². The predicted molar refractivity (Wildman–Crippen MR) is 191 cm³/mol. The van der Waals surface area contributed by atoms with E-state index >= 15 is 0 Å². The second kappa shape index (κ2) is 31.2. The Morgan fingerprint density at radius 2 is 0.614 bits per heavy atom. The van der Waals surface area contributed by atoms with Gasteiger partial charge >= 0.3 is 0 Å². The largest absolute Gasteiger partial charge is 0.352 e. The summed E-state index contributed by atoms with van der Waals surface area (Å²) in [5.41, 5.74) is 2.21. The van der Waals surface area contributed by atoms with Gasteiger partial charge in [0, 0.05) is 25.9 Å². The highest BCUT2D eigenvalue weighted by Crippen LogP contribution is 2.14. The number of nitrogens with one attached hydrogen (secondary N) is 2. The molecule has 0 heterocycles. The molecule has 0 bridgehead atoms. The number of benzene rings is 1. The Labute approximate surface area is 273 Å². The van der Waals surface area contributed by atoms with E-state index in [9.17, 15) is 9.59 Å². The molecule has 2 amide bonds. The minimum Gasteiger partial charge on any atom is -0.352 e. The zero-order valence-corrected chi connectivity index (χ0v) is 29.3. The highest BCUT2D eigenvalue weighted by atomic mass is 16.2. The smallest absolute Gasteiger partial charge is 0.220 e. The highest BCUT2D eigenvalue weighted by molar-refractivity contribution is 5.76. The number of hydrogen-bond donors (Lipinski definition) is 2. The SMILES string of the molecule is CCCCCCCCCCCCCCCC(=O)NCc1ccc(CNC(=O)CCCCCCCCCCCCCCC)cc1. The summed E-state index contributed by atoms with van der Waals surface area (Å²) in [4.78, 5) is 24.5. The van der Waals surface area contributed by atoms with Crippen molar-refractivity contribution >= 4 is 11.8 Å². The van der Waals surface area contributed by atoms with Gasteiger partial charge in [0.05, 0.1) is 0 Å². The molecule has 0 saturated carbocycles. The van der Waals surface area contributed by atoms with Crippen LogP contribution in [-0.4, -0.2) is 11.8 Å². The Hall–Kier alpha value is -1.84. The van der Waals surface area contributed by atoms with Gasteiger partial charge in [0.1, 0.15) is 0 Å². The molecule has 0 aliphatic rings. The van der Waals surface area contributed by atoms with Crippen LogP contribution in [0.25, 0.3) is 0 Å². The molecule has 0 unspecified atom stereocenters. The van der Waals surface area contributed by atoms with Gasteiger partial charge in [-0.25, -0.2) is 0 Å². The van der Waals surface area contributed by atoms with Crippen LogP contribution in [0.1, 0.15) is 205 Å². The lowest BCUT2D eigenvalue weighted by Gasteiger charge is -2.08. The van der Waals surface area contributed by atoms with Gasteiger partial charge in [0.15, 0.2) is 0 Å². The van der Waals surface area contributed by atoms with Crippen LogP contribution in [0.3, 0.4) is 0 Å². The molecule has 4 nitrogen and oxygen atoms in total. The average molecular weight is 613 g/mol. The molecule has 0 fully saturated rings. The van der Waals surface area contributed by atoms with Crippen LogP contribution in [0.15, 0.2) is 24.3 Å². The Morgan fingerprint density at radius 1 is 0.386 bits per heavy atom. The van der Waals surface area contributed by atoms with E-state index in [1.165, 1.54) is 141 Å². The first-order chi connectivity index (χ1) is 21.7. The lowest BCUT2D eigenvalue weighted by molar-refractivity contribution is -0.122. The molecule has 2 N–H and O–H groups in total. The lowest BCUT2D eigenvalue weighted by atomic mass is 10.0. The molecule has 0 spiro atoms. The second-order valence-corrected chi connectivity index (χ2v) is 13.4. The normalized spacial score (nSPS) is 11.1. The van der Waals surface area contributed by atoms with Crippen molar-refractivity contribution in [3.8, 4) is 0 Å². The molecule has 1 aromatic rings. The minimum atomic E-state index is 0.151. The molecule has 1 aromatic carbocycles. The van der Waals surface area contributed by atoms with Crippen LogP contribution < -0.4 is 10.6 Å². The number of unbranched alkanes of at least 4 members (excludes halogenated alkanes) is 24. The first-order valence-electron chi connectivity index (χ1n) is 19.3. The Balaban J connectivity index is 1.93. The summed E-state index contributed by atoms with van der Waals surface area (Å²) in [6.07, 6.45) is 35.6. The molecule has 0 aliphatic heterocycles. The molecule has 4 heteroatoms. The van der Waals surface area contributed by atoms with Gasteiger partial charge in [0.25, 0.3) is 0 Å². The molecule has 0 aromatic heterocycles. The monoisotopic (exact) mass is 613 g/mol. The number of amides is 2. The zero-order valence-electron chi connectivity index (χ0n) is 29.3. The highest BCUT2D eigenvalue weighted by Gasteiger charge is 2.04. The lowest BCUT2D eigenvalue weighted by Crippen LogP contribution is -2.23. The van der Waals surface area contributed by atoms with Crippen LogP contribution in [-0.2, 0) is 22.7 Å². The van der Waals surface area contributed by atoms with Crippen molar-refractivity contribution in [2.75, 3.05) is 0 Å². The maximum absolute atomic E-state index is 12.2. The number of hydrogen-bond acceptors (Lipinski definition) is 2. The molecular weight excluding hydrogens is 540 g/mol. The fourth-order valence-corrected chi connectivity index (χ4v) is 5.96. The first kappa shape index (κ1) is 40.2. The van der Waals surface area contributed by atoms with Crippen LogP contribution in [0.5, 0.6) is 0 Å². The number of carbonyl (C=O) groups is 2. The molecule has 0 atom stereocenters. The van der Waals surface area contributed by atoms with Gasteiger partial charge in [0.2, 0.25) is 11.8 Å². The van der Waals surface area contributed by atoms with E-state index in [1.807, 2.05) is 0 Å². The molecule has 0 radical (unpaired) electrons. The van der Waals surface area contributed by atoms with E-state index < -0.39 is 0 Å². The van der Waals surface area contributed by atoms with Crippen molar-refractivity contribution in [1.29, 1.82) is 0 Å². The van der Waals surface area contributed by atoms with E-state index in [0.29, 0.717) is 25.9 Å². The van der Waals surface area contributed by atoms with E-state index in [1.54, 1.807) is 0 Å². The molecular formula is C40H72N2O2. The van der Waals surface area contributed by atoms with Gasteiger partial charge in [-0.05, 0) is 24.0 Å². The van der Waals surface area contributed by atoms with Crippen molar-refractivity contribution in [2.24, 2.45) is 0 Å². The third-order valence-electron chi connectivity index (χ3n) is 9.02. The molecule has 0 aliphatic carbocycles. The second-order valence-electron chi connectivity index (χ2n) is 13.4. The fraction of sp³-hybridized carbons (Fsp3) is 0.800. The zero-order chi connectivity index (χ0) is 31.8. The summed E-state index contributed by atoms with van der Waals surface area (Å²) in [6.45, 7) is 5.70. The van der Waals surface area contributed by atoms with Crippen molar-refractivity contribution in [1.82, 2.24) is 10.6 Å². The molecule has 44 heavy (non-hydrogen) atoms. The Kier molecular flexibility index (Phi) is 28.5. The quantitative estimate of drug-likeness (QED) is 0.0795. The Bertz CT molecular complexity index is 711. The van der Waals surface area contributed by atoms with Crippen molar-refractivity contribution in [2.45, 2.75) is 207 Å². The van der Waals surface area contributed by atoms with Gasteiger partial charge in [-0.1, -0.05) is 192 Å². The van der Waals surface area contributed by atoms with E-state index in [-0.39, 0.29) is 11.8 Å². The summed E-state index contributed by atoms with van der Waals surface area (Å²) in [7, 11) is 0. The van der Waals surface area contributed by atoms with E-state index in [4.69, 9.17) is 0 Å². The fourth-order valence-electron chi connectivity index (χ4n) is 5.96. The third-order valence-corrected chi connectivity index (χ3v) is 9.02. The number of carbonyl (C=O) groups excluding carboxylic acids is 2. The predicted octanol–water partition coefficient (Wildman–Crippen LogP) is 11.9. The van der Waals surface area contributed by atoms with Gasteiger partial charge in [-0.15, -0.1) is 0 Å². The van der Waals surface area contributed by atoms with Crippen LogP contribution in [0, 0.1) is 0 Å². The first-order valence-corrected chi connectivity index (χ1v) is 19.3. The van der Waals surface area contributed by atoms with Crippen molar-refractivity contribution < 1.29 is 9.59 Å². The summed E-state index contributed by atoms with van der Waals surface area (Å²) in [5.74, 6) is 0.301. The summed E-state index contributed by atoms with van der Waals surface area (Å²) in [5, 5.41) is 6.12. The van der Waals surface area contributed by atoms with Crippen LogP contribution >= 0.6 is 0 Å². The van der Waals surface area contributed by atoms with E-state index in [0.717, 1.165) is 36.8 Å². The van der Waals surface area contributed by atoms with Crippen LogP contribution in [0.2, 0.25) is 0 Å². The molecule has 1 rings (SSSR count). The maximum atomic E-state index is 12.2. The summed E-state index contributed by atoms with van der Waals surface area (Å²) >= 11 is 0. The minimum absolute atomic E-state index is 0.151. The van der Waals surface area contributed by atoms with Crippen LogP contribution in [0.4, 0.5) is 0 Å². The van der Waals surface area contributed by atoms with Gasteiger partial charge in [-0.2, -0.15) is 0 Å².